The molecule has 2 N–H and O–H groups in total. The van der Waals surface area contributed by atoms with Gasteiger partial charge in [-0.3, -0.25) is 0 Å². The van der Waals surface area contributed by atoms with Crippen molar-refractivity contribution in [2.75, 3.05) is 0 Å². The van der Waals surface area contributed by atoms with Gasteiger partial charge in [-0.25, -0.2) is 9.97 Å². The zero-order valence-electron chi connectivity index (χ0n) is 9.33. The fraction of sp³-hybridized carbons (Fsp3) is 0.455. The molecule has 0 saturated heterocycles. The monoisotopic (exact) mass is 206 g/mol. The third kappa shape index (κ3) is 1.93. The maximum Gasteiger partial charge on any atom is 0.244 e. The van der Waals surface area contributed by atoms with E-state index in [-0.39, 0.29) is 0 Å². The zero-order chi connectivity index (χ0) is 10.7. The standard InChI is InChI=1S/C11H16N4/c1-3-10-5-12-7-14(10)9-15-8-13-6-11(15)4-2/h5-8H,3-4,9H2,1-2H3/p+2. The first-order valence-electron chi connectivity index (χ1n) is 5.45. The number of rotatable bonds is 4. The van der Waals surface area contributed by atoms with Gasteiger partial charge in [-0.1, -0.05) is 13.8 Å². The highest BCUT2D eigenvalue weighted by Gasteiger charge is 2.13. The Hall–Kier alpha value is -1.58. The Bertz CT molecular complexity index is 387. The molecule has 2 rings (SSSR count). The first kappa shape index (κ1) is 9.96. The number of aromatic nitrogens is 4. The molecule has 4 nitrogen and oxygen atoms in total. The van der Waals surface area contributed by atoms with E-state index in [4.69, 9.17) is 0 Å². The molecule has 4 heteroatoms. The minimum Gasteiger partial charge on any atom is -0.250 e. The lowest BCUT2D eigenvalue weighted by molar-refractivity contribution is -0.917. The average Bonchev–Trinajstić information content (AvgIpc) is 2.87. The smallest absolute Gasteiger partial charge is 0.244 e. The van der Waals surface area contributed by atoms with Crippen LogP contribution in [0.15, 0.2) is 25.0 Å². The van der Waals surface area contributed by atoms with E-state index >= 15 is 0 Å². The molecule has 0 spiro atoms. The number of hydrogen-bond donors (Lipinski definition) is 2. The largest absolute Gasteiger partial charge is 0.250 e. The summed E-state index contributed by atoms with van der Waals surface area (Å²) in [7, 11) is 0. The molecule has 0 bridgehead atoms. The zero-order valence-corrected chi connectivity index (χ0v) is 9.33. The van der Waals surface area contributed by atoms with Gasteiger partial charge in [0.15, 0.2) is 0 Å². The third-order valence-corrected chi connectivity index (χ3v) is 2.73. The highest BCUT2D eigenvalue weighted by atomic mass is 15.2. The summed E-state index contributed by atoms with van der Waals surface area (Å²) in [4.78, 5) is 6.28. The predicted molar refractivity (Wildman–Crippen MR) is 56.1 cm³/mol. The van der Waals surface area contributed by atoms with Crippen molar-refractivity contribution < 1.29 is 9.13 Å². The van der Waals surface area contributed by atoms with Crippen molar-refractivity contribution >= 4 is 0 Å². The SMILES string of the molecule is CCc1c[nH]c[n+]1C[n+]1c[nH]cc1CC. The summed E-state index contributed by atoms with van der Waals surface area (Å²) in [6, 6.07) is 0. The number of nitrogens with one attached hydrogen (secondary N) is 2. The summed E-state index contributed by atoms with van der Waals surface area (Å²) in [6.45, 7) is 5.21. The normalized spacial score (nSPS) is 10.8. The van der Waals surface area contributed by atoms with E-state index in [0.29, 0.717) is 0 Å². The van der Waals surface area contributed by atoms with E-state index in [1.165, 1.54) is 11.4 Å². The van der Waals surface area contributed by atoms with Crippen molar-refractivity contribution in [1.82, 2.24) is 9.97 Å². The molecule has 0 aliphatic rings. The maximum atomic E-state index is 3.14. The summed E-state index contributed by atoms with van der Waals surface area (Å²) in [5.41, 5.74) is 2.65. The fourth-order valence-corrected chi connectivity index (χ4v) is 1.82. The van der Waals surface area contributed by atoms with Crippen molar-refractivity contribution in [3.8, 4) is 0 Å². The van der Waals surface area contributed by atoms with E-state index in [1.54, 1.807) is 0 Å². The van der Waals surface area contributed by atoms with Gasteiger partial charge in [0.1, 0.15) is 23.8 Å². The Morgan fingerprint density at radius 1 is 0.933 bits per heavy atom. The molecule has 15 heavy (non-hydrogen) atoms. The molecule has 0 amide bonds. The molecule has 2 aromatic rings. The van der Waals surface area contributed by atoms with Crippen molar-refractivity contribution in [3.05, 3.63) is 36.4 Å². The van der Waals surface area contributed by atoms with Gasteiger partial charge >= 0.3 is 0 Å². The van der Waals surface area contributed by atoms with Crippen LogP contribution < -0.4 is 9.13 Å². The number of nitrogens with zero attached hydrogens (tertiary/aromatic N) is 2. The summed E-state index contributed by atoms with van der Waals surface area (Å²) < 4.78 is 4.46. The molecule has 0 unspecified atom stereocenters. The van der Waals surface area contributed by atoms with E-state index < -0.39 is 0 Å². The van der Waals surface area contributed by atoms with Gasteiger partial charge in [-0.05, 0) is 0 Å². The van der Waals surface area contributed by atoms with Crippen LogP contribution >= 0.6 is 0 Å². The van der Waals surface area contributed by atoms with Gasteiger partial charge in [0.2, 0.25) is 19.3 Å². The van der Waals surface area contributed by atoms with Crippen LogP contribution in [0.4, 0.5) is 0 Å². The van der Waals surface area contributed by atoms with Crippen LogP contribution in [0, 0.1) is 0 Å². The van der Waals surface area contributed by atoms with Crippen molar-refractivity contribution in [2.24, 2.45) is 0 Å². The summed E-state index contributed by atoms with van der Waals surface area (Å²) in [5.74, 6) is 0. The molecule has 0 aromatic carbocycles. The summed E-state index contributed by atoms with van der Waals surface area (Å²) in [5, 5.41) is 0. The molecule has 2 aromatic heterocycles. The first-order chi connectivity index (χ1) is 7.35. The van der Waals surface area contributed by atoms with Gasteiger partial charge in [-0.15, -0.1) is 0 Å². The minimum atomic E-state index is 0.874. The van der Waals surface area contributed by atoms with Gasteiger partial charge in [0, 0.05) is 12.8 Å². The van der Waals surface area contributed by atoms with Crippen LogP contribution in [-0.4, -0.2) is 9.97 Å². The van der Waals surface area contributed by atoms with Crippen LogP contribution in [0.2, 0.25) is 0 Å². The number of aromatic amines is 2. The number of aryl methyl sites for hydroxylation is 2. The predicted octanol–water partition coefficient (Wildman–Crippen LogP) is 0.548. The van der Waals surface area contributed by atoms with Gasteiger partial charge in [0.05, 0.1) is 0 Å². The van der Waals surface area contributed by atoms with E-state index in [0.717, 1.165) is 19.5 Å². The Kier molecular flexibility index (Phi) is 2.85. The maximum absolute atomic E-state index is 3.14. The van der Waals surface area contributed by atoms with Crippen LogP contribution in [0.3, 0.4) is 0 Å². The Balaban J connectivity index is 2.21. The summed E-state index contributed by atoms with van der Waals surface area (Å²) in [6.07, 6.45) is 10.2. The molecule has 0 aliphatic carbocycles. The van der Waals surface area contributed by atoms with Gasteiger partial charge in [0.25, 0.3) is 0 Å². The lowest BCUT2D eigenvalue weighted by Crippen LogP contribution is -2.53. The molecule has 0 atom stereocenters. The fourth-order valence-electron chi connectivity index (χ4n) is 1.82. The Labute approximate surface area is 89.6 Å². The highest BCUT2D eigenvalue weighted by molar-refractivity contribution is 4.85. The van der Waals surface area contributed by atoms with Crippen LogP contribution in [0.5, 0.6) is 0 Å². The van der Waals surface area contributed by atoms with Gasteiger partial charge < -0.3 is 0 Å². The number of H-pyrrole nitrogens is 2. The quantitative estimate of drug-likeness (QED) is 0.686. The van der Waals surface area contributed by atoms with Crippen LogP contribution in [-0.2, 0) is 19.5 Å². The molecule has 0 fully saturated rings. The van der Waals surface area contributed by atoms with Crippen LogP contribution in [0.25, 0.3) is 0 Å². The second-order valence-corrected chi connectivity index (χ2v) is 3.65. The minimum absolute atomic E-state index is 0.874. The van der Waals surface area contributed by atoms with Crippen molar-refractivity contribution in [1.29, 1.82) is 0 Å². The van der Waals surface area contributed by atoms with Crippen molar-refractivity contribution in [2.45, 2.75) is 33.4 Å². The molecule has 0 saturated carbocycles. The van der Waals surface area contributed by atoms with E-state index in [9.17, 15) is 0 Å². The first-order valence-corrected chi connectivity index (χ1v) is 5.45. The lowest BCUT2D eigenvalue weighted by Gasteiger charge is -1.98. The van der Waals surface area contributed by atoms with Crippen molar-refractivity contribution in [3.63, 3.8) is 0 Å². The molecule has 0 aliphatic heterocycles. The number of hydrogen-bond acceptors (Lipinski definition) is 0. The number of imidazole rings is 2. The molecule has 0 radical (unpaired) electrons. The molecule has 80 valence electrons. The molecular formula is C11H18N4+2. The molecular weight excluding hydrogens is 188 g/mol. The topological polar surface area (TPSA) is 39.3 Å². The van der Waals surface area contributed by atoms with E-state index in [2.05, 4.69) is 45.3 Å². The second-order valence-electron chi connectivity index (χ2n) is 3.65. The van der Waals surface area contributed by atoms with E-state index in [1.807, 2.05) is 12.7 Å². The highest BCUT2D eigenvalue weighted by Crippen LogP contribution is 1.91. The lowest BCUT2D eigenvalue weighted by atomic mass is 10.3. The summed E-state index contributed by atoms with van der Waals surface area (Å²) >= 11 is 0. The average molecular weight is 206 g/mol. The molecule has 2 heterocycles. The third-order valence-electron chi connectivity index (χ3n) is 2.73. The Morgan fingerprint density at radius 3 is 1.80 bits per heavy atom. The second kappa shape index (κ2) is 4.29. The Morgan fingerprint density at radius 2 is 1.40 bits per heavy atom. The van der Waals surface area contributed by atoms with Crippen LogP contribution in [0.1, 0.15) is 25.2 Å². The van der Waals surface area contributed by atoms with Gasteiger partial charge in [-0.2, -0.15) is 9.13 Å².